The fourth-order valence-corrected chi connectivity index (χ4v) is 0.794. The van der Waals surface area contributed by atoms with E-state index in [1.54, 1.807) is 0 Å². The Hall–Kier alpha value is -0.870. The maximum Gasteiger partial charge on any atom is 0.325 e. The molecular formula is C6H5F2O3P. The number of terminal acetylenes is 2. The van der Waals surface area contributed by atoms with Gasteiger partial charge in [0.15, 0.2) is 0 Å². The van der Waals surface area contributed by atoms with Crippen molar-refractivity contribution < 1.29 is 22.4 Å². The Kier molecular flexibility index (Phi) is 5.32. The lowest BCUT2D eigenvalue weighted by Gasteiger charge is -2.04. The fourth-order valence-electron chi connectivity index (χ4n) is 0.265. The minimum Gasteiger partial charge on any atom is -0.263 e. The van der Waals surface area contributed by atoms with Crippen LogP contribution in [0.15, 0.2) is 0 Å². The van der Waals surface area contributed by atoms with Gasteiger partial charge in [0.1, 0.15) is 0 Å². The zero-order valence-corrected chi connectivity index (χ0v) is 6.79. The zero-order valence-electron chi connectivity index (χ0n) is 5.79. The summed E-state index contributed by atoms with van der Waals surface area (Å²) in [4.78, 5) is 0. The molecule has 0 saturated carbocycles. The molecule has 0 saturated heterocycles. The van der Waals surface area contributed by atoms with Crippen molar-refractivity contribution in [1.82, 2.24) is 0 Å². The van der Waals surface area contributed by atoms with Gasteiger partial charge in [-0.3, -0.25) is 13.6 Å². The summed E-state index contributed by atoms with van der Waals surface area (Å²) in [5, 5.41) is 0. The molecule has 12 heavy (non-hydrogen) atoms. The predicted octanol–water partition coefficient (Wildman–Crippen LogP) is 1.27. The summed E-state index contributed by atoms with van der Waals surface area (Å²) < 4.78 is 42.3. The molecule has 66 valence electrons. The van der Waals surface area contributed by atoms with Gasteiger partial charge in [-0.2, -0.15) is 0 Å². The van der Waals surface area contributed by atoms with Gasteiger partial charge in [-0.25, -0.2) is 8.78 Å². The van der Waals surface area contributed by atoms with Gasteiger partial charge in [-0.05, 0) is 11.8 Å². The molecule has 0 rings (SSSR count). The minimum absolute atomic E-state index is 1.47. The van der Waals surface area contributed by atoms with Gasteiger partial charge in [-0.1, -0.05) is 0 Å². The molecule has 0 spiro atoms. The first-order valence-electron chi connectivity index (χ1n) is 2.67. The van der Waals surface area contributed by atoms with Crippen LogP contribution in [0.2, 0.25) is 0 Å². The van der Waals surface area contributed by atoms with Crippen molar-refractivity contribution in [2.45, 2.75) is 12.7 Å². The first-order chi connectivity index (χ1) is 5.60. The molecule has 3 nitrogen and oxygen atoms in total. The maximum atomic E-state index is 12.0. The number of rotatable bonds is 4. The maximum absolute atomic E-state index is 12.0. The van der Waals surface area contributed by atoms with Gasteiger partial charge in [0.25, 0.3) is 12.7 Å². The number of hydrogen-bond donors (Lipinski definition) is 0. The monoisotopic (exact) mass is 194 g/mol. The van der Waals surface area contributed by atoms with E-state index in [2.05, 4.69) is 21.9 Å². The molecule has 0 radical (unpaired) electrons. The molecular weight excluding hydrogens is 189 g/mol. The van der Waals surface area contributed by atoms with Gasteiger partial charge < -0.3 is 0 Å². The molecule has 0 amide bonds. The first kappa shape index (κ1) is 11.1. The predicted molar refractivity (Wildman–Crippen MR) is 38.6 cm³/mol. The SMILES string of the molecule is C#CC(F)O[PH](=O)OC(F)C#C. The van der Waals surface area contributed by atoms with Crippen molar-refractivity contribution in [3.63, 3.8) is 0 Å². The van der Waals surface area contributed by atoms with Crippen LogP contribution in [0.25, 0.3) is 0 Å². The molecule has 0 aliphatic carbocycles. The molecule has 0 heterocycles. The van der Waals surface area contributed by atoms with E-state index in [0.29, 0.717) is 0 Å². The Morgan fingerprint density at radius 3 is 1.75 bits per heavy atom. The Balaban J connectivity index is 3.78. The van der Waals surface area contributed by atoms with E-state index in [-0.39, 0.29) is 0 Å². The molecule has 0 fully saturated rings. The molecule has 0 aliphatic rings. The summed E-state index contributed by atoms with van der Waals surface area (Å²) in [6.45, 7) is 0. The molecule has 0 aliphatic heterocycles. The summed E-state index contributed by atoms with van der Waals surface area (Å²) in [6, 6.07) is 0. The number of halogens is 2. The van der Waals surface area contributed by atoms with Crippen LogP contribution in [-0.2, 0) is 13.6 Å². The van der Waals surface area contributed by atoms with Gasteiger partial charge in [0, 0.05) is 0 Å². The second-order valence-corrected chi connectivity index (χ2v) is 2.42. The molecule has 2 atom stereocenters. The van der Waals surface area contributed by atoms with Crippen molar-refractivity contribution in [1.29, 1.82) is 0 Å². The molecule has 6 heteroatoms. The van der Waals surface area contributed by atoms with Crippen LogP contribution in [-0.4, -0.2) is 12.7 Å². The summed E-state index contributed by atoms with van der Waals surface area (Å²) in [7, 11) is -3.30. The first-order valence-corrected chi connectivity index (χ1v) is 3.90. The Morgan fingerprint density at radius 2 is 1.50 bits per heavy atom. The number of alkyl halides is 2. The molecule has 0 aromatic carbocycles. The van der Waals surface area contributed by atoms with Crippen LogP contribution in [0.3, 0.4) is 0 Å². The Labute approximate surface area is 69.0 Å². The lowest BCUT2D eigenvalue weighted by atomic mass is 10.7. The average Bonchev–Trinajstić information content (AvgIpc) is 2.03. The third-order valence-electron chi connectivity index (χ3n) is 0.661. The highest BCUT2D eigenvalue weighted by atomic mass is 31.1. The van der Waals surface area contributed by atoms with E-state index >= 15 is 0 Å². The smallest absolute Gasteiger partial charge is 0.263 e. The van der Waals surface area contributed by atoms with Gasteiger partial charge in [-0.15, -0.1) is 12.8 Å². The lowest BCUT2D eigenvalue weighted by Crippen LogP contribution is -2.01. The third kappa shape index (κ3) is 4.87. The second-order valence-electron chi connectivity index (χ2n) is 1.45. The van der Waals surface area contributed by atoms with Crippen molar-refractivity contribution in [2.75, 3.05) is 0 Å². The van der Waals surface area contributed by atoms with Crippen LogP contribution >= 0.6 is 8.25 Å². The quantitative estimate of drug-likeness (QED) is 0.499. The molecule has 2 unspecified atom stereocenters. The van der Waals surface area contributed by atoms with Crippen molar-refractivity contribution in [3.8, 4) is 24.7 Å². The third-order valence-corrected chi connectivity index (χ3v) is 1.46. The minimum atomic E-state index is -3.30. The van der Waals surface area contributed by atoms with E-state index in [0.717, 1.165) is 0 Å². The van der Waals surface area contributed by atoms with Crippen molar-refractivity contribution in [3.05, 3.63) is 0 Å². The van der Waals surface area contributed by atoms with Gasteiger partial charge in [0.2, 0.25) is 0 Å². The second kappa shape index (κ2) is 5.74. The average molecular weight is 194 g/mol. The van der Waals surface area contributed by atoms with Crippen LogP contribution in [0, 0.1) is 24.7 Å². The number of hydrogen-bond acceptors (Lipinski definition) is 3. The standard InChI is InChI=1S/C6H5F2O3P/c1-3-5(7)10-12(9)11-6(8)4-2/h1-2,5-6,12H. The Morgan fingerprint density at radius 1 is 1.17 bits per heavy atom. The summed E-state index contributed by atoms with van der Waals surface area (Å²) >= 11 is 0. The molecule has 0 aromatic heterocycles. The molecule has 0 bridgehead atoms. The highest BCUT2D eigenvalue weighted by molar-refractivity contribution is 7.33. The highest BCUT2D eigenvalue weighted by Crippen LogP contribution is 2.28. The highest BCUT2D eigenvalue weighted by Gasteiger charge is 2.12. The largest absolute Gasteiger partial charge is 0.325 e. The van der Waals surface area contributed by atoms with Gasteiger partial charge >= 0.3 is 8.25 Å². The van der Waals surface area contributed by atoms with Crippen LogP contribution in [0.5, 0.6) is 0 Å². The zero-order chi connectivity index (χ0) is 9.56. The van der Waals surface area contributed by atoms with E-state index < -0.39 is 21.0 Å². The van der Waals surface area contributed by atoms with Crippen LogP contribution in [0.4, 0.5) is 8.78 Å². The topological polar surface area (TPSA) is 35.5 Å². The van der Waals surface area contributed by atoms with E-state index in [9.17, 15) is 13.3 Å². The van der Waals surface area contributed by atoms with E-state index in [4.69, 9.17) is 0 Å². The Bertz CT molecular complexity index is 218. The summed E-state index contributed by atoms with van der Waals surface area (Å²) in [5.74, 6) is 2.94. The lowest BCUT2D eigenvalue weighted by molar-refractivity contribution is 0.0644. The van der Waals surface area contributed by atoms with E-state index in [1.807, 2.05) is 0 Å². The normalized spacial score (nSPS) is 17.0. The van der Waals surface area contributed by atoms with Crippen molar-refractivity contribution in [2.24, 2.45) is 0 Å². The van der Waals surface area contributed by atoms with Crippen LogP contribution in [0.1, 0.15) is 0 Å². The van der Waals surface area contributed by atoms with Crippen LogP contribution < -0.4 is 0 Å². The van der Waals surface area contributed by atoms with Crippen molar-refractivity contribution >= 4 is 8.25 Å². The summed E-state index contributed by atoms with van der Waals surface area (Å²) in [6.07, 6.45) is 4.68. The molecule has 0 aromatic rings. The fraction of sp³-hybridized carbons (Fsp3) is 0.333. The molecule has 0 N–H and O–H groups in total. The van der Waals surface area contributed by atoms with E-state index in [1.165, 1.54) is 11.8 Å². The summed E-state index contributed by atoms with van der Waals surface area (Å²) in [5.41, 5.74) is 0. The van der Waals surface area contributed by atoms with Gasteiger partial charge in [0.05, 0.1) is 0 Å².